The quantitative estimate of drug-likeness (QED) is 0.837. The second kappa shape index (κ2) is 7.75. The van der Waals surface area contributed by atoms with Gasteiger partial charge in [0.2, 0.25) is 11.8 Å². The first-order valence-electron chi connectivity index (χ1n) is 8.44. The fraction of sp³-hybridized carbons (Fsp3) is 0.200. The first kappa shape index (κ1) is 19.5. The third-order valence-corrected chi connectivity index (χ3v) is 4.20. The van der Waals surface area contributed by atoms with Crippen LogP contribution in [-0.4, -0.2) is 23.1 Å². The maximum absolute atomic E-state index is 12.5. The van der Waals surface area contributed by atoms with Gasteiger partial charge in [0.25, 0.3) is 0 Å². The number of rotatable bonds is 4. The molecule has 0 saturated heterocycles. The number of nitrogens with one attached hydrogen (secondary N) is 1. The van der Waals surface area contributed by atoms with Crippen LogP contribution in [0, 0.1) is 0 Å². The van der Waals surface area contributed by atoms with Crippen molar-refractivity contribution in [2.24, 2.45) is 0 Å². The smallest absolute Gasteiger partial charge is 0.406 e. The summed E-state index contributed by atoms with van der Waals surface area (Å²) in [7, 11) is 0. The first-order chi connectivity index (χ1) is 13.2. The molecule has 1 heterocycles. The van der Waals surface area contributed by atoms with Gasteiger partial charge in [-0.2, -0.15) is 0 Å². The zero-order chi connectivity index (χ0) is 20.3. The number of fused-ring (bicyclic) bond motifs is 1. The molecule has 1 aliphatic heterocycles. The van der Waals surface area contributed by atoms with Crippen LogP contribution in [0.25, 0.3) is 6.08 Å². The molecule has 0 saturated carbocycles. The Balaban J connectivity index is 1.76. The molecule has 0 unspecified atom stereocenters. The van der Waals surface area contributed by atoms with E-state index in [4.69, 9.17) is 0 Å². The molecule has 5 nitrogen and oxygen atoms in total. The Morgan fingerprint density at radius 2 is 1.89 bits per heavy atom. The molecule has 0 fully saturated rings. The van der Waals surface area contributed by atoms with Crippen molar-refractivity contribution in [2.45, 2.75) is 25.7 Å². The summed E-state index contributed by atoms with van der Waals surface area (Å²) >= 11 is 0. The van der Waals surface area contributed by atoms with Crippen LogP contribution >= 0.6 is 0 Å². The Morgan fingerprint density at radius 1 is 1.14 bits per heavy atom. The minimum Gasteiger partial charge on any atom is -0.406 e. The Hall–Kier alpha value is -3.29. The topological polar surface area (TPSA) is 58.6 Å². The molecule has 0 spiro atoms. The van der Waals surface area contributed by atoms with Crippen molar-refractivity contribution < 1.29 is 27.5 Å². The number of amides is 2. The molecule has 0 aliphatic carbocycles. The van der Waals surface area contributed by atoms with Crippen LogP contribution < -0.4 is 10.1 Å². The third kappa shape index (κ3) is 4.70. The van der Waals surface area contributed by atoms with Crippen LogP contribution in [0.2, 0.25) is 0 Å². The third-order valence-electron chi connectivity index (χ3n) is 4.20. The predicted molar refractivity (Wildman–Crippen MR) is 97.1 cm³/mol. The van der Waals surface area contributed by atoms with E-state index in [-0.39, 0.29) is 18.0 Å². The van der Waals surface area contributed by atoms with Crippen molar-refractivity contribution in [2.75, 3.05) is 5.32 Å². The highest BCUT2D eigenvalue weighted by atomic mass is 19.4. The Kier molecular flexibility index (Phi) is 5.39. The second-order valence-electron chi connectivity index (χ2n) is 6.21. The molecule has 2 amide bonds. The highest BCUT2D eigenvalue weighted by Gasteiger charge is 2.31. The number of anilines is 1. The van der Waals surface area contributed by atoms with Crippen LogP contribution in [0.15, 0.2) is 54.7 Å². The summed E-state index contributed by atoms with van der Waals surface area (Å²) in [6.45, 7) is 1.40. The second-order valence-corrected chi connectivity index (χ2v) is 6.21. The molecule has 3 rings (SSSR count). The van der Waals surface area contributed by atoms with Gasteiger partial charge in [-0.05, 0) is 29.3 Å². The molecule has 0 aromatic heterocycles. The van der Waals surface area contributed by atoms with Gasteiger partial charge in [0, 0.05) is 24.9 Å². The van der Waals surface area contributed by atoms with Crippen molar-refractivity contribution in [3.05, 3.63) is 65.9 Å². The lowest BCUT2D eigenvalue weighted by molar-refractivity contribution is -0.274. The number of carbonyl (C=O) groups is 2. The summed E-state index contributed by atoms with van der Waals surface area (Å²) in [5, 5.41) is 2.56. The number of benzene rings is 2. The number of halogens is 3. The van der Waals surface area contributed by atoms with E-state index in [0.717, 1.165) is 23.3 Å². The zero-order valence-corrected chi connectivity index (χ0v) is 14.9. The van der Waals surface area contributed by atoms with Gasteiger partial charge >= 0.3 is 6.36 Å². The summed E-state index contributed by atoms with van der Waals surface area (Å²) in [6.07, 6.45) is -1.45. The van der Waals surface area contributed by atoms with Crippen LogP contribution in [-0.2, 0) is 9.59 Å². The number of alkyl halides is 3. The predicted octanol–water partition coefficient (Wildman–Crippen LogP) is 4.49. The molecule has 2 aromatic carbocycles. The fourth-order valence-electron chi connectivity index (χ4n) is 3.07. The van der Waals surface area contributed by atoms with Crippen molar-refractivity contribution in [3.63, 3.8) is 0 Å². The molecule has 0 radical (unpaired) electrons. The maximum Gasteiger partial charge on any atom is 0.573 e. The highest BCUT2D eigenvalue weighted by molar-refractivity contribution is 5.92. The lowest BCUT2D eigenvalue weighted by Crippen LogP contribution is -2.33. The molecule has 0 bridgehead atoms. The van der Waals surface area contributed by atoms with E-state index in [1.165, 1.54) is 24.0 Å². The number of hydrogen-bond acceptors (Lipinski definition) is 3. The van der Waals surface area contributed by atoms with Crippen LogP contribution in [0.4, 0.5) is 18.9 Å². The Bertz CT molecular complexity index is 925. The largest absolute Gasteiger partial charge is 0.573 e. The van der Waals surface area contributed by atoms with Crippen LogP contribution in [0.5, 0.6) is 5.75 Å². The summed E-state index contributed by atoms with van der Waals surface area (Å²) in [4.78, 5) is 25.9. The summed E-state index contributed by atoms with van der Waals surface area (Å²) in [6, 6.07) is 11.9. The number of nitrogens with zero attached hydrogens (tertiary/aromatic N) is 1. The van der Waals surface area contributed by atoms with Crippen LogP contribution in [0.3, 0.4) is 0 Å². The van der Waals surface area contributed by atoms with Gasteiger partial charge in [0.15, 0.2) is 0 Å². The van der Waals surface area contributed by atoms with Gasteiger partial charge in [0.05, 0.1) is 12.5 Å². The van der Waals surface area contributed by atoms with Crippen molar-refractivity contribution >= 4 is 23.6 Å². The normalized spacial score (nSPS) is 15.7. The standard InChI is InChI=1S/C20H17F3N2O3/c1-13(26)25-10-9-14-5-2-3-8-17(14)18(25)12-19(27)24-15-6-4-7-16(11-15)28-20(21,22)23/h2-11,18H,12H2,1H3,(H,24,27)/t18-/m1/s1. The lowest BCUT2D eigenvalue weighted by atomic mass is 9.93. The van der Waals surface area contributed by atoms with E-state index < -0.39 is 24.1 Å². The number of hydrogen-bond donors (Lipinski definition) is 1. The van der Waals surface area contributed by atoms with E-state index in [1.807, 2.05) is 24.3 Å². The van der Waals surface area contributed by atoms with Gasteiger partial charge in [-0.3, -0.25) is 9.59 Å². The molecule has 2 aromatic rings. The minimum atomic E-state index is -4.82. The first-order valence-corrected chi connectivity index (χ1v) is 8.44. The zero-order valence-electron chi connectivity index (χ0n) is 14.9. The molecule has 1 atom stereocenters. The van der Waals surface area contributed by atoms with Gasteiger partial charge in [-0.1, -0.05) is 30.3 Å². The van der Waals surface area contributed by atoms with Gasteiger partial charge in [-0.25, -0.2) is 0 Å². The molecule has 146 valence electrons. The average Bonchev–Trinajstić information content (AvgIpc) is 2.60. The summed E-state index contributed by atoms with van der Waals surface area (Å²) < 4.78 is 40.9. The van der Waals surface area contributed by atoms with E-state index in [9.17, 15) is 22.8 Å². The number of carbonyl (C=O) groups excluding carboxylic acids is 2. The molecule has 28 heavy (non-hydrogen) atoms. The van der Waals surface area contributed by atoms with E-state index in [1.54, 1.807) is 12.3 Å². The maximum atomic E-state index is 12.5. The minimum absolute atomic E-state index is 0.0503. The summed E-state index contributed by atoms with van der Waals surface area (Å²) in [5.41, 5.74) is 1.89. The van der Waals surface area contributed by atoms with E-state index in [0.29, 0.717) is 0 Å². The van der Waals surface area contributed by atoms with Crippen molar-refractivity contribution in [3.8, 4) is 5.75 Å². The molecule has 1 aliphatic rings. The van der Waals surface area contributed by atoms with E-state index in [2.05, 4.69) is 10.1 Å². The molecule has 1 N–H and O–H groups in total. The van der Waals surface area contributed by atoms with Crippen molar-refractivity contribution in [1.29, 1.82) is 0 Å². The van der Waals surface area contributed by atoms with Crippen LogP contribution in [0.1, 0.15) is 30.5 Å². The van der Waals surface area contributed by atoms with Crippen molar-refractivity contribution in [1.82, 2.24) is 4.90 Å². The fourth-order valence-corrected chi connectivity index (χ4v) is 3.07. The SMILES string of the molecule is CC(=O)N1C=Cc2ccccc2[C@H]1CC(=O)Nc1cccc(OC(F)(F)F)c1. The monoisotopic (exact) mass is 390 g/mol. The highest BCUT2D eigenvalue weighted by Crippen LogP contribution is 2.33. The average molecular weight is 390 g/mol. The van der Waals surface area contributed by atoms with Gasteiger partial charge < -0.3 is 15.0 Å². The summed E-state index contributed by atoms with van der Waals surface area (Å²) in [5.74, 6) is -1.09. The Labute approximate surface area is 159 Å². The van der Waals surface area contributed by atoms with E-state index >= 15 is 0 Å². The van der Waals surface area contributed by atoms with Gasteiger partial charge in [-0.15, -0.1) is 13.2 Å². The molecular formula is C20H17F3N2O3. The number of ether oxygens (including phenoxy) is 1. The molecular weight excluding hydrogens is 373 g/mol. The van der Waals surface area contributed by atoms with Gasteiger partial charge in [0.1, 0.15) is 5.75 Å². The molecule has 8 heteroatoms. The Morgan fingerprint density at radius 3 is 2.61 bits per heavy atom. The lowest BCUT2D eigenvalue weighted by Gasteiger charge is -2.32.